The molecule has 0 aliphatic heterocycles. The van der Waals surface area contributed by atoms with Crippen molar-refractivity contribution in [2.24, 2.45) is 0 Å². The van der Waals surface area contributed by atoms with E-state index in [1.165, 1.54) is 16.0 Å². The molecular formula is C11H8BrN5O3S. The standard InChI is InChI=1S/C11H8BrN5O3S/c1-5-9(11(18)19)14-16-17(5)4-8-13-15-10(20-8)6-2-3-7(12)21-6/h2-3H,4H2,1H3,(H,18,19). The lowest BCUT2D eigenvalue weighted by Gasteiger charge is -1.98. The number of rotatable bonds is 4. The summed E-state index contributed by atoms with van der Waals surface area (Å²) in [4.78, 5) is 11.8. The fraction of sp³-hybridized carbons (Fsp3) is 0.182. The summed E-state index contributed by atoms with van der Waals surface area (Å²) >= 11 is 4.85. The highest BCUT2D eigenvalue weighted by atomic mass is 79.9. The second-order valence-corrected chi connectivity index (χ2v) is 6.55. The molecule has 3 aromatic heterocycles. The minimum atomic E-state index is -1.12. The molecule has 8 nitrogen and oxygen atoms in total. The van der Waals surface area contributed by atoms with Gasteiger partial charge in [0, 0.05) is 0 Å². The molecular weight excluding hydrogens is 362 g/mol. The smallest absolute Gasteiger partial charge is 0.358 e. The number of halogens is 1. The van der Waals surface area contributed by atoms with Crippen LogP contribution in [0.3, 0.4) is 0 Å². The largest absolute Gasteiger partial charge is 0.476 e. The van der Waals surface area contributed by atoms with Crippen LogP contribution < -0.4 is 0 Å². The Morgan fingerprint density at radius 3 is 2.86 bits per heavy atom. The SMILES string of the molecule is Cc1c(C(=O)O)nnn1Cc1nnc(-c2ccc(Br)s2)o1. The van der Waals surface area contributed by atoms with Crippen LogP contribution in [0.5, 0.6) is 0 Å². The quantitative estimate of drug-likeness (QED) is 0.750. The number of carbonyl (C=O) groups is 1. The van der Waals surface area contributed by atoms with Gasteiger partial charge >= 0.3 is 5.97 Å². The Morgan fingerprint density at radius 1 is 1.43 bits per heavy atom. The van der Waals surface area contributed by atoms with Gasteiger partial charge in [0.15, 0.2) is 5.69 Å². The molecule has 0 aromatic carbocycles. The topological polar surface area (TPSA) is 107 Å². The maximum atomic E-state index is 10.9. The molecule has 10 heteroatoms. The number of thiophene rings is 1. The van der Waals surface area contributed by atoms with Crippen LogP contribution in [0.2, 0.25) is 0 Å². The Morgan fingerprint density at radius 2 is 2.24 bits per heavy atom. The van der Waals surface area contributed by atoms with Crippen molar-refractivity contribution in [2.45, 2.75) is 13.5 Å². The zero-order valence-corrected chi connectivity index (χ0v) is 13.1. The Balaban J connectivity index is 1.83. The first-order chi connectivity index (χ1) is 10.0. The fourth-order valence-electron chi connectivity index (χ4n) is 1.68. The Hall–Kier alpha value is -2.07. The predicted molar refractivity (Wildman–Crippen MR) is 76.1 cm³/mol. The molecule has 0 bridgehead atoms. The molecule has 3 heterocycles. The van der Waals surface area contributed by atoms with E-state index in [2.05, 4.69) is 36.4 Å². The van der Waals surface area contributed by atoms with Crippen LogP contribution >= 0.6 is 27.3 Å². The van der Waals surface area contributed by atoms with Gasteiger partial charge in [0.25, 0.3) is 5.89 Å². The van der Waals surface area contributed by atoms with Crippen LogP contribution in [0.4, 0.5) is 0 Å². The number of nitrogens with zero attached hydrogens (tertiary/aromatic N) is 5. The Kier molecular flexibility index (Phi) is 3.55. The van der Waals surface area contributed by atoms with Gasteiger partial charge in [-0.25, -0.2) is 9.48 Å². The molecule has 0 saturated heterocycles. The molecule has 0 aliphatic rings. The normalized spacial score (nSPS) is 11.0. The van der Waals surface area contributed by atoms with Crippen molar-refractivity contribution in [2.75, 3.05) is 0 Å². The van der Waals surface area contributed by atoms with Gasteiger partial charge in [0.2, 0.25) is 5.89 Å². The molecule has 3 aromatic rings. The average Bonchev–Trinajstić information content (AvgIpc) is 3.12. The lowest BCUT2D eigenvalue weighted by molar-refractivity contribution is 0.0689. The molecule has 21 heavy (non-hydrogen) atoms. The average molecular weight is 370 g/mol. The van der Waals surface area contributed by atoms with Gasteiger partial charge in [-0.15, -0.1) is 26.6 Å². The van der Waals surface area contributed by atoms with E-state index in [1.807, 2.05) is 12.1 Å². The van der Waals surface area contributed by atoms with Gasteiger partial charge in [0.1, 0.15) is 6.54 Å². The third kappa shape index (κ3) is 2.72. The highest BCUT2D eigenvalue weighted by Crippen LogP contribution is 2.30. The lowest BCUT2D eigenvalue weighted by Crippen LogP contribution is -2.06. The molecule has 0 amide bonds. The predicted octanol–water partition coefficient (Wildman–Crippen LogP) is 2.21. The van der Waals surface area contributed by atoms with E-state index in [4.69, 9.17) is 9.52 Å². The number of aromatic nitrogens is 5. The molecule has 0 unspecified atom stereocenters. The molecule has 0 atom stereocenters. The van der Waals surface area contributed by atoms with Crippen molar-refractivity contribution in [3.8, 4) is 10.8 Å². The van der Waals surface area contributed by atoms with Crippen LogP contribution in [0.15, 0.2) is 20.3 Å². The van der Waals surface area contributed by atoms with Crippen LogP contribution in [0.1, 0.15) is 22.1 Å². The van der Waals surface area contributed by atoms with Gasteiger partial charge in [-0.2, -0.15) is 0 Å². The lowest BCUT2D eigenvalue weighted by atomic mass is 10.3. The van der Waals surface area contributed by atoms with Crippen LogP contribution in [0, 0.1) is 6.92 Å². The van der Waals surface area contributed by atoms with E-state index >= 15 is 0 Å². The molecule has 0 radical (unpaired) electrons. The third-order valence-corrected chi connectivity index (χ3v) is 4.33. The maximum absolute atomic E-state index is 10.9. The molecule has 3 rings (SSSR count). The molecule has 0 spiro atoms. The van der Waals surface area contributed by atoms with E-state index in [0.717, 1.165) is 8.66 Å². The summed E-state index contributed by atoms with van der Waals surface area (Å²) in [5, 5.41) is 24.2. The molecule has 0 aliphatic carbocycles. The van der Waals surface area contributed by atoms with Crippen molar-refractivity contribution in [1.29, 1.82) is 0 Å². The number of hydrogen-bond donors (Lipinski definition) is 1. The Labute approximate surface area is 130 Å². The van der Waals surface area contributed by atoms with Gasteiger partial charge in [-0.05, 0) is 35.0 Å². The highest BCUT2D eigenvalue weighted by molar-refractivity contribution is 9.11. The van der Waals surface area contributed by atoms with Crippen molar-refractivity contribution in [1.82, 2.24) is 25.2 Å². The van der Waals surface area contributed by atoms with Gasteiger partial charge in [-0.3, -0.25) is 0 Å². The Bertz CT molecular complexity index is 809. The van der Waals surface area contributed by atoms with Crippen molar-refractivity contribution < 1.29 is 14.3 Å². The van der Waals surface area contributed by atoms with E-state index in [-0.39, 0.29) is 12.2 Å². The second kappa shape index (κ2) is 5.37. The van der Waals surface area contributed by atoms with E-state index in [1.54, 1.807) is 6.92 Å². The summed E-state index contributed by atoms with van der Waals surface area (Å²) in [5.74, 6) is -0.371. The summed E-state index contributed by atoms with van der Waals surface area (Å²) in [6.07, 6.45) is 0. The number of aromatic carboxylic acids is 1. The third-order valence-electron chi connectivity index (χ3n) is 2.72. The van der Waals surface area contributed by atoms with Crippen molar-refractivity contribution in [3.05, 3.63) is 33.2 Å². The van der Waals surface area contributed by atoms with Crippen molar-refractivity contribution >= 4 is 33.2 Å². The van der Waals surface area contributed by atoms with Crippen LogP contribution in [-0.2, 0) is 6.54 Å². The van der Waals surface area contributed by atoms with Crippen molar-refractivity contribution in [3.63, 3.8) is 0 Å². The van der Waals surface area contributed by atoms with E-state index < -0.39 is 5.97 Å². The molecule has 1 N–H and O–H groups in total. The first kappa shape index (κ1) is 13.9. The van der Waals surface area contributed by atoms with E-state index in [9.17, 15) is 4.79 Å². The minimum absolute atomic E-state index is 0.0862. The molecule has 108 valence electrons. The highest BCUT2D eigenvalue weighted by Gasteiger charge is 2.17. The van der Waals surface area contributed by atoms with Crippen LogP contribution in [0.25, 0.3) is 10.8 Å². The molecule has 0 fully saturated rings. The van der Waals surface area contributed by atoms with Crippen LogP contribution in [-0.4, -0.2) is 36.3 Å². The zero-order chi connectivity index (χ0) is 15.0. The number of hydrogen-bond acceptors (Lipinski definition) is 7. The summed E-state index contributed by atoms with van der Waals surface area (Å²) in [5.41, 5.74) is 0.345. The van der Waals surface area contributed by atoms with Gasteiger partial charge in [-0.1, -0.05) is 5.21 Å². The number of carboxylic acid groups (broad SMARTS) is 1. The fourth-order valence-corrected chi connectivity index (χ4v) is 2.99. The summed E-state index contributed by atoms with van der Waals surface area (Å²) in [6, 6.07) is 3.76. The summed E-state index contributed by atoms with van der Waals surface area (Å²) < 4.78 is 7.92. The zero-order valence-electron chi connectivity index (χ0n) is 10.6. The number of carboxylic acids is 1. The first-order valence-electron chi connectivity index (χ1n) is 5.76. The van der Waals surface area contributed by atoms with Gasteiger partial charge < -0.3 is 9.52 Å². The first-order valence-corrected chi connectivity index (χ1v) is 7.37. The monoisotopic (exact) mass is 369 g/mol. The summed E-state index contributed by atoms with van der Waals surface area (Å²) in [6.45, 7) is 1.79. The second-order valence-electron chi connectivity index (χ2n) is 4.09. The minimum Gasteiger partial charge on any atom is -0.476 e. The van der Waals surface area contributed by atoms with E-state index in [0.29, 0.717) is 17.5 Å². The maximum Gasteiger partial charge on any atom is 0.358 e. The van der Waals surface area contributed by atoms with Gasteiger partial charge in [0.05, 0.1) is 14.4 Å². The summed E-state index contributed by atoms with van der Waals surface area (Å²) in [7, 11) is 0. The molecule has 0 saturated carbocycles.